The fourth-order valence-electron chi connectivity index (χ4n) is 8.74. The lowest BCUT2D eigenvalue weighted by Crippen LogP contribution is -2.57. The van der Waals surface area contributed by atoms with Crippen LogP contribution < -0.4 is 4.90 Å². The molecule has 5 aliphatic rings. The predicted molar refractivity (Wildman–Crippen MR) is 160 cm³/mol. The molecule has 1 amide bonds. The summed E-state index contributed by atoms with van der Waals surface area (Å²) >= 11 is 0. The summed E-state index contributed by atoms with van der Waals surface area (Å²) < 4.78 is 125. The molecule has 2 atom stereocenters. The molecule has 48 heavy (non-hydrogen) atoms. The van der Waals surface area contributed by atoms with Gasteiger partial charge >= 0.3 is 24.0 Å². The molecule has 7 nitrogen and oxygen atoms in total. The molecule has 3 saturated carbocycles. The van der Waals surface area contributed by atoms with Gasteiger partial charge in [-0.2, -0.15) is 26.3 Å². The molecule has 15 heteroatoms. The Labute approximate surface area is 273 Å². The van der Waals surface area contributed by atoms with Gasteiger partial charge in [0, 0.05) is 37.3 Å². The number of fused-ring (bicyclic) bond motifs is 6. The molecule has 2 bridgehead atoms. The number of nitrogens with zero attached hydrogens (tertiary/aromatic N) is 2. The van der Waals surface area contributed by atoms with Crippen LogP contribution in [-0.2, 0) is 36.3 Å². The van der Waals surface area contributed by atoms with Crippen LogP contribution in [0.1, 0.15) is 68.1 Å². The number of hydrogen-bond acceptors (Lipinski definition) is 5. The molecule has 7 rings (SSSR count). The molecular formula is C33H35F7N2O5S. The minimum Gasteiger partial charge on any atom is -0.481 e. The number of rotatable bonds is 6. The van der Waals surface area contributed by atoms with E-state index >= 15 is 4.39 Å². The summed E-state index contributed by atoms with van der Waals surface area (Å²) in [5, 5.41) is 9.82. The Morgan fingerprint density at radius 2 is 1.38 bits per heavy atom. The third-order valence-electron chi connectivity index (χ3n) is 11.6. The van der Waals surface area contributed by atoms with E-state index in [0.29, 0.717) is 56.3 Å². The van der Waals surface area contributed by atoms with Gasteiger partial charge in [0.2, 0.25) is 5.91 Å². The van der Waals surface area contributed by atoms with Crippen molar-refractivity contribution in [2.75, 3.05) is 25.5 Å². The number of amides is 1. The number of anilines is 1. The van der Waals surface area contributed by atoms with Crippen LogP contribution in [0.5, 0.6) is 0 Å². The van der Waals surface area contributed by atoms with Crippen LogP contribution >= 0.6 is 0 Å². The molecule has 0 radical (unpaired) electrons. The maximum Gasteiger partial charge on any atom is 0.435 e. The van der Waals surface area contributed by atoms with Gasteiger partial charge < -0.3 is 14.9 Å². The number of benzene rings is 2. The quantitative estimate of drug-likeness (QED) is 0.337. The van der Waals surface area contributed by atoms with Crippen LogP contribution in [0.3, 0.4) is 0 Å². The number of halogens is 7. The second kappa shape index (κ2) is 10.8. The lowest BCUT2D eigenvalue weighted by Gasteiger charge is -2.52. The average Bonchev–Trinajstić information content (AvgIpc) is 3.45. The summed E-state index contributed by atoms with van der Waals surface area (Å²) in [4.78, 5) is 29.5. The van der Waals surface area contributed by atoms with Gasteiger partial charge in [0.25, 0.3) is 0 Å². The Hall–Kier alpha value is -3.36. The van der Waals surface area contributed by atoms with E-state index in [1.807, 2.05) is 0 Å². The van der Waals surface area contributed by atoms with E-state index in [0.717, 1.165) is 6.07 Å². The van der Waals surface area contributed by atoms with Gasteiger partial charge in [-0.3, -0.25) is 9.59 Å². The van der Waals surface area contributed by atoms with Gasteiger partial charge in [-0.1, -0.05) is 18.2 Å². The van der Waals surface area contributed by atoms with Crippen molar-refractivity contribution in [3.63, 3.8) is 0 Å². The van der Waals surface area contributed by atoms with Crippen molar-refractivity contribution in [3.8, 4) is 0 Å². The van der Waals surface area contributed by atoms with Crippen molar-refractivity contribution in [2.24, 2.45) is 10.8 Å². The van der Waals surface area contributed by atoms with Gasteiger partial charge in [-0.05, 0) is 93.2 Å². The zero-order chi connectivity index (χ0) is 35.3. The summed E-state index contributed by atoms with van der Waals surface area (Å²) in [7, 11) is -0.991. The predicted octanol–water partition coefficient (Wildman–Crippen LogP) is 6.68. The van der Waals surface area contributed by atoms with Gasteiger partial charge in [0.05, 0.1) is 16.4 Å². The van der Waals surface area contributed by atoms with Crippen LogP contribution in [0.2, 0.25) is 0 Å². The molecule has 1 N–H and O–H groups in total. The molecule has 1 saturated heterocycles. The molecule has 2 aromatic rings. The summed E-state index contributed by atoms with van der Waals surface area (Å²) in [6, 6.07) is 6.51. The number of carboxylic acid groups (broad SMARTS) is 1. The molecule has 2 unspecified atom stereocenters. The number of aryl methyl sites for hydroxylation is 1. The molecule has 1 heterocycles. The van der Waals surface area contributed by atoms with Crippen molar-refractivity contribution in [1.82, 2.24) is 4.90 Å². The largest absolute Gasteiger partial charge is 0.481 e. The second-order valence-corrected chi connectivity index (χ2v) is 16.2. The van der Waals surface area contributed by atoms with Crippen molar-refractivity contribution in [3.05, 3.63) is 59.2 Å². The highest BCUT2D eigenvalue weighted by Gasteiger charge is 2.74. The van der Waals surface area contributed by atoms with Crippen LogP contribution in [0.25, 0.3) is 0 Å². The lowest BCUT2D eigenvalue weighted by atomic mass is 9.53. The number of aliphatic carboxylic acids is 1. The zero-order valence-corrected chi connectivity index (χ0v) is 27.0. The van der Waals surface area contributed by atoms with Crippen LogP contribution in [0.4, 0.5) is 36.4 Å². The topological polar surface area (TPSA) is 95.0 Å². The maximum absolute atomic E-state index is 15.1. The molecule has 4 fully saturated rings. The molecule has 262 valence electrons. The minimum atomic E-state index is -6.34. The number of sulfone groups is 1. The third-order valence-corrected chi connectivity index (χ3v) is 14.2. The van der Waals surface area contributed by atoms with Crippen molar-refractivity contribution >= 4 is 27.4 Å². The monoisotopic (exact) mass is 704 g/mol. The third kappa shape index (κ3) is 4.61. The number of hydrogen-bond donors (Lipinski definition) is 1. The highest BCUT2D eigenvalue weighted by molar-refractivity contribution is 7.92. The average molecular weight is 705 g/mol. The summed E-state index contributed by atoms with van der Waals surface area (Å²) in [6.45, 7) is -0.0519. The smallest absolute Gasteiger partial charge is 0.435 e. The molecule has 0 spiro atoms. The Morgan fingerprint density at radius 3 is 1.88 bits per heavy atom. The first-order valence-corrected chi connectivity index (χ1v) is 17.2. The normalized spacial score (nSPS) is 28.9. The number of likely N-dealkylation sites (tertiary alicyclic amines) is 1. The molecule has 4 aliphatic carbocycles. The number of carboxylic acids is 1. The van der Waals surface area contributed by atoms with Gasteiger partial charge in [0.1, 0.15) is 4.75 Å². The van der Waals surface area contributed by atoms with E-state index < -0.39 is 61.0 Å². The molecular weight excluding hydrogens is 669 g/mol. The minimum absolute atomic E-state index is 0.0519. The standard InChI is InChI=1S/C33H35F7N2O5S/c1-41(2)22-5-7-23(8-6-22)48(46,47)30-17-18-42(26(43)28-11-14-29(15-12-28,16-13-28)27(44)45)25(30)10-3-20-19-21(4-9-24(20)30)31(34,32(35,36)37)33(38,39)40/h4-9,19,25H,3,10-18H2,1-2H3,(H,44,45). The molecule has 2 aromatic carbocycles. The van der Waals surface area contributed by atoms with E-state index in [4.69, 9.17) is 0 Å². The Bertz CT molecular complexity index is 1720. The van der Waals surface area contributed by atoms with E-state index in [2.05, 4.69) is 0 Å². The van der Waals surface area contributed by atoms with Gasteiger partial charge in [-0.25, -0.2) is 12.8 Å². The summed E-state index contributed by atoms with van der Waals surface area (Å²) in [5.41, 5.74) is -8.74. The van der Waals surface area contributed by atoms with Crippen LogP contribution in [0, 0.1) is 10.8 Å². The van der Waals surface area contributed by atoms with Crippen molar-refractivity contribution in [2.45, 2.75) is 91.5 Å². The van der Waals surface area contributed by atoms with Crippen molar-refractivity contribution < 1.29 is 53.8 Å². The van der Waals surface area contributed by atoms with E-state index in [9.17, 15) is 49.5 Å². The first-order chi connectivity index (χ1) is 22.2. The van der Waals surface area contributed by atoms with Crippen LogP contribution in [0.15, 0.2) is 47.4 Å². The van der Waals surface area contributed by atoms with E-state index in [1.54, 1.807) is 31.1 Å². The second-order valence-electron chi connectivity index (χ2n) is 14.0. The first-order valence-electron chi connectivity index (χ1n) is 15.7. The highest BCUT2D eigenvalue weighted by Crippen LogP contribution is 2.61. The van der Waals surface area contributed by atoms with Gasteiger partial charge in [-0.15, -0.1) is 0 Å². The van der Waals surface area contributed by atoms with E-state index in [1.165, 1.54) is 17.0 Å². The maximum atomic E-state index is 15.1. The highest BCUT2D eigenvalue weighted by atomic mass is 32.2. The first kappa shape index (κ1) is 34.5. The summed E-state index contributed by atoms with van der Waals surface area (Å²) in [6.07, 6.45) is -11.4. The number of alkyl halides is 7. The fourth-order valence-corrected chi connectivity index (χ4v) is 11.1. The Morgan fingerprint density at radius 1 is 0.833 bits per heavy atom. The lowest BCUT2D eigenvalue weighted by molar-refractivity contribution is -0.348. The molecule has 0 aromatic heterocycles. The Kier molecular flexibility index (Phi) is 7.78. The zero-order valence-electron chi connectivity index (χ0n) is 26.2. The number of carbonyl (C=O) groups excluding carboxylic acids is 1. The van der Waals surface area contributed by atoms with Crippen LogP contribution in [-0.4, -0.2) is 69.3 Å². The Balaban J connectivity index is 1.47. The summed E-state index contributed by atoms with van der Waals surface area (Å²) in [5.74, 6) is -1.23. The SMILES string of the molecule is CN(C)c1ccc(S(=O)(=O)C23CCN(C(=O)C45CCC(C(=O)O)(CC4)CC5)C2CCc2cc(C(F)(C(F)(F)F)C(F)(F)F)ccc23)cc1. The fraction of sp³-hybridized carbons (Fsp3) is 0.576. The van der Waals surface area contributed by atoms with E-state index in [-0.39, 0.29) is 47.7 Å². The molecule has 1 aliphatic heterocycles. The number of carbonyl (C=O) groups is 2. The van der Waals surface area contributed by atoms with Gasteiger partial charge in [0.15, 0.2) is 9.84 Å². The van der Waals surface area contributed by atoms with Crippen molar-refractivity contribution in [1.29, 1.82) is 0 Å².